The lowest BCUT2D eigenvalue weighted by atomic mass is 10.0. The Bertz CT molecular complexity index is 224. The first-order chi connectivity index (χ1) is 8.74. The van der Waals surface area contributed by atoms with E-state index in [2.05, 4.69) is 29.2 Å². The van der Waals surface area contributed by atoms with Gasteiger partial charge in [-0.25, -0.2) is 0 Å². The molecule has 3 nitrogen and oxygen atoms in total. The van der Waals surface area contributed by atoms with E-state index < -0.39 is 0 Å². The molecule has 2 unspecified atom stereocenters. The summed E-state index contributed by atoms with van der Waals surface area (Å²) in [5.41, 5.74) is 0. The molecule has 2 atom stereocenters. The highest BCUT2D eigenvalue weighted by atomic mass is 15.2. The number of nitrogens with zero attached hydrogens (tertiary/aromatic N) is 2. The van der Waals surface area contributed by atoms with Gasteiger partial charge in [0.2, 0.25) is 0 Å². The Morgan fingerprint density at radius 1 is 1.11 bits per heavy atom. The van der Waals surface area contributed by atoms with Crippen LogP contribution < -0.4 is 5.32 Å². The van der Waals surface area contributed by atoms with Gasteiger partial charge in [0.25, 0.3) is 0 Å². The third kappa shape index (κ3) is 4.87. The highest BCUT2D eigenvalue weighted by Crippen LogP contribution is 2.16. The SMILES string of the molecule is CN1CCC(CN(C)CC2CCCCCCN2)C1. The van der Waals surface area contributed by atoms with Crippen LogP contribution in [0.5, 0.6) is 0 Å². The maximum absolute atomic E-state index is 3.73. The number of likely N-dealkylation sites (N-methyl/N-ethyl adjacent to an activating group) is 1. The van der Waals surface area contributed by atoms with Crippen LogP contribution in [0.25, 0.3) is 0 Å². The van der Waals surface area contributed by atoms with Crippen molar-refractivity contribution in [3.63, 3.8) is 0 Å². The smallest absolute Gasteiger partial charge is 0.0194 e. The molecule has 2 saturated heterocycles. The lowest BCUT2D eigenvalue weighted by molar-refractivity contribution is 0.236. The highest BCUT2D eigenvalue weighted by Gasteiger charge is 2.21. The Morgan fingerprint density at radius 2 is 1.94 bits per heavy atom. The van der Waals surface area contributed by atoms with E-state index in [1.165, 1.54) is 71.2 Å². The van der Waals surface area contributed by atoms with Gasteiger partial charge in [-0.3, -0.25) is 0 Å². The number of hydrogen-bond acceptors (Lipinski definition) is 3. The summed E-state index contributed by atoms with van der Waals surface area (Å²) in [6, 6.07) is 0.731. The fourth-order valence-corrected chi connectivity index (χ4v) is 3.50. The third-order valence-electron chi connectivity index (χ3n) is 4.50. The molecule has 0 aliphatic carbocycles. The van der Waals surface area contributed by atoms with Crippen molar-refractivity contribution in [1.29, 1.82) is 0 Å². The molecule has 3 heteroatoms. The second-order valence-electron chi connectivity index (χ2n) is 6.49. The Morgan fingerprint density at radius 3 is 2.72 bits per heavy atom. The van der Waals surface area contributed by atoms with Crippen molar-refractivity contribution in [2.45, 2.75) is 44.6 Å². The van der Waals surface area contributed by atoms with E-state index in [1.54, 1.807) is 0 Å². The van der Waals surface area contributed by atoms with Crippen molar-refractivity contribution in [2.24, 2.45) is 5.92 Å². The molecule has 0 radical (unpaired) electrons. The van der Waals surface area contributed by atoms with Gasteiger partial charge in [-0.1, -0.05) is 19.3 Å². The van der Waals surface area contributed by atoms with E-state index in [1.807, 2.05) is 0 Å². The Hall–Kier alpha value is -0.120. The fraction of sp³-hybridized carbons (Fsp3) is 1.00. The molecular weight excluding hydrogens is 222 g/mol. The molecule has 18 heavy (non-hydrogen) atoms. The molecule has 0 aromatic carbocycles. The molecule has 0 saturated carbocycles. The minimum absolute atomic E-state index is 0.731. The normalized spacial score (nSPS) is 31.5. The van der Waals surface area contributed by atoms with Crippen molar-refractivity contribution in [1.82, 2.24) is 15.1 Å². The van der Waals surface area contributed by atoms with Crippen LogP contribution in [0.2, 0.25) is 0 Å². The minimum atomic E-state index is 0.731. The second kappa shape index (κ2) is 7.46. The summed E-state index contributed by atoms with van der Waals surface area (Å²) in [7, 11) is 4.55. The predicted molar refractivity (Wildman–Crippen MR) is 78.0 cm³/mol. The monoisotopic (exact) mass is 253 g/mol. The van der Waals surface area contributed by atoms with Crippen LogP contribution in [0.15, 0.2) is 0 Å². The molecule has 0 spiro atoms. The average molecular weight is 253 g/mol. The Kier molecular flexibility index (Phi) is 5.93. The van der Waals surface area contributed by atoms with Gasteiger partial charge >= 0.3 is 0 Å². The lowest BCUT2D eigenvalue weighted by Crippen LogP contribution is -2.42. The first-order valence-electron chi connectivity index (χ1n) is 7.84. The van der Waals surface area contributed by atoms with E-state index in [9.17, 15) is 0 Å². The highest BCUT2D eigenvalue weighted by molar-refractivity contribution is 4.78. The maximum Gasteiger partial charge on any atom is 0.0194 e. The van der Waals surface area contributed by atoms with Crippen LogP contribution in [0.3, 0.4) is 0 Å². The number of likely N-dealkylation sites (tertiary alicyclic amines) is 1. The summed E-state index contributed by atoms with van der Waals surface area (Å²) < 4.78 is 0. The molecule has 2 heterocycles. The van der Waals surface area contributed by atoms with Gasteiger partial charge in [0.15, 0.2) is 0 Å². The van der Waals surface area contributed by atoms with E-state index in [0.29, 0.717) is 0 Å². The summed E-state index contributed by atoms with van der Waals surface area (Å²) >= 11 is 0. The predicted octanol–water partition coefficient (Wildman–Crippen LogP) is 1.79. The zero-order valence-corrected chi connectivity index (χ0v) is 12.3. The first kappa shape index (κ1) is 14.3. The van der Waals surface area contributed by atoms with E-state index in [4.69, 9.17) is 0 Å². The fourth-order valence-electron chi connectivity index (χ4n) is 3.50. The Balaban J connectivity index is 1.67. The molecule has 2 fully saturated rings. The maximum atomic E-state index is 3.73. The van der Waals surface area contributed by atoms with Crippen LogP contribution in [-0.4, -0.2) is 62.7 Å². The van der Waals surface area contributed by atoms with Crippen LogP contribution in [0.1, 0.15) is 38.5 Å². The zero-order chi connectivity index (χ0) is 12.8. The third-order valence-corrected chi connectivity index (χ3v) is 4.50. The number of rotatable bonds is 4. The van der Waals surface area contributed by atoms with Crippen molar-refractivity contribution in [2.75, 3.05) is 46.8 Å². The summed E-state index contributed by atoms with van der Waals surface area (Å²) in [6.45, 7) is 6.33. The van der Waals surface area contributed by atoms with Crippen molar-refractivity contribution in [3.05, 3.63) is 0 Å². The van der Waals surface area contributed by atoms with E-state index >= 15 is 0 Å². The van der Waals surface area contributed by atoms with Gasteiger partial charge in [-0.15, -0.1) is 0 Å². The van der Waals surface area contributed by atoms with Crippen molar-refractivity contribution < 1.29 is 0 Å². The van der Waals surface area contributed by atoms with Crippen LogP contribution in [0.4, 0.5) is 0 Å². The van der Waals surface area contributed by atoms with Crippen molar-refractivity contribution in [3.8, 4) is 0 Å². The lowest BCUT2D eigenvalue weighted by Gasteiger charge is -2.28. The summed E-state index contributed by atoms with van der Waals surface area (Å²) in [4.78, 5) is 5.02. The van der Waals surface area contributed by atoms with Gasteiger partial charge in [-0.2, -0.15) is 0 Å². The second-order valence-corrected chi connectivity index (χ2v) is 6.49. The molecular formula is C15H31N3. The molecule has 0 bridgehead atoms. The van der Waals surface area contributed by atoms with Crippen LogP contribution in [0, 0.1) is 5.92 Å². The summed E-state index contributed by atoms with van der Waals surface area (Å²) in [5.74, 6) is 0.897. The van der Waals surface area contributed by atoms with Crippen LogP contribution >= 0.6 is 0 Å². The molecule has 2 aliphatic rings. The molecule has 0 aromatic heterocycles. The Labute approximate surface area is 113 Å². The van der Waals surface area contributed by atoms with Crippen LogP contribution in [-0.2, 0) is 0 Å². The topological polar surface area (TPSA) is 18.5 Å². The quantitative estimate of drug-likeness (QED) is 0.824. The standard InChI is InChI=1S/C15H31N3/c1-17-10-8-14(11-17)12-18(2)13-15-7-5-3-4-6-9-16-15/h14-16H,3-13H2,1-2H3. The number of hydrogen-bond donors (Lipinski definition) is 1. The van der Waals surface area contributed by atoms with Gasteiger partial charge in [0.05, 0.1) is 0 Å². The molecule has 2 aliphatic heterocycles. The summed E-state index contributed by atoms with van der Waals surface area (Å²) in [6.07, 6.45) is 8.40. The van der Waals surface area contributed by atoms with Gasteiger partial charge in [0, 0.05) is 25.7 Å². The zero-order valence-electron chi connectivity index (χ0n) is 12.3. The van der Waals surface area contributed by atoms with E-state index in [0.717, 1.165) is 12.0 Å². The van der Waals surface area contributed by atoms with Gasteiger partial charge in [-0.05, 0) is 52.4 Å². The van der Waals surface area contributed by atoms with Crippen molar-refractivity contribution >= 4 is 0 Å². The largest absolute Gasteiger partial charge is 0.313 e. The molecule has 2 rings (SSSR count). The average Bonchev–Trinajstić information content (AvgIpc) is 2.67. The van der Waals surface area contributed by atoms with Gasteiger partial charge in [0.1, 0.15) is 0 Å². The molecule has 106 valence electrons. The first-order valence-corrected chi connectivity index (χ1v) is 7.84. The summed E-state index contributed by atoms with van der Waals surface area (Å²) in [5, 5.41) is 3.73. The van der Waals surface area contributed by atoms with Gasteiger partial charge < -0.3 is 15.1 Å². The molecule has 0 aromatic rings. The minimum Gasteiger partial charge on any atom is -0.313 e. The number of nitrogens with one attached hydrogen (secondary N) is 1. The molecule has 0 amide bonds. The van der Waals surface area contributed by atoms with E-state index in [-0.39, 0.29) is 0 Å². The molecule has 1 N–H and O–H groups in total.